The molecule has 0 radical (unpaired) electrons. The van der Waals surface area contributed by atoms with Crippen LogP contribution >= 0.6 is 0 Å². The maximum absolute atomic E-state index is 13.7. The fraction of sp³-hybridized carbons (Fsp3) is 0.417. The Hall–Kier alpha value is -1.78. The van der Waals surface area contributed by atoms with Crippen molar-refractivity contribution in [1.82, 2.24) is 5.32 Å². The van der Waals surface area contributed by atoms with Gasteiger partial charge in [0, 0.05) is 31.7 Å². The lowest BCUT2D eigenvalue weighted by Gasteiger charge is -2.19. The van der Waals surface area contributed by atoms with E-state index in [9.17, 15) is 9.18 Å². The highest BCUT2D eigenvalue weighted by Gasteiger charge is 2.24. The number of carbonyl (C=O) groups excluding carboxylic acids is 1. The summed E-state index contributed by atoms with van der Waals surface area (Å²) in [5.41, 5.74) is 6.47. The van der Waals surface area contributed by atoms with Crippen molar-refractivity contribution in [2.24, 2.45) is 0 Å². The Morgan fingerprint density at radius 2 is 2.35 bits per heavy atom. The molecule has 0 bridgehead atoms. The summed E-state index contributed by atoms with van der Waals surface area (Å²) in [4.78, 5) is 12.9. The lowest BCUT2D eigenvalue weighted by atomic mass is 10.2. The number of nitrogens with two attached hydrogens (primary N) is 1. The first-order valence-corrected chi connectivity index (χ1v) is 5.63. The zero-order chi connectivity index (χ0) is 12.4. The fourth-order valence-electron chi connectivity index (χ4n) is 2.16. The van der Waals surface area contributed by atoms with Crippen LogP contribution in [0, 0.1) is 5.82 Å². The molecule has 1 saturated heterocycles. The van der Waals surface area contributed by atoms with Gasteiger partial charge in [-0.2, -0.15) is 0 Å². The molecule has 1 atom stereocenters. The summed E-state index contributed by atoms with van der Waals surface area (Å²) in [6, 6.07) is 4.79. The van der Waals surface area contributed by atoms with Crippen LogP contribution in [0.15, 0.2) is 18.2 Å². The van der Waals surface area contributed by atoms with Crippen molar-refractivity contribution in [2.75, 3.05) is 23.7 Å². The van der Waals surface area contributed by atoms with Gasteiger partial charge in [-0.3, -0.25) is 4.79 Å². The Kier molecular flexibility index (Phi) is 3.17. The van der Waals surface area contributed by atoms with Crippen molar-refractivity contribution in [1.29, 1.82) is 0 Å². The van der Waals surface area contributed by atoms with E-state index in [4.69, 9.17) is 5.73 Å². The number of nitrogens with one attached hydrogen (secondary N) is 1. The molecule has 0 spiro atoms. The highest BCUT2D eigenvalue weighted by atomic mass is 19.1. The quantitative estimate of drug-likeness (QED) is 0.758. The summed E-state index contributed by atoms with van der Waals surface area (Å²) >= 11 is 0. The predicted molar refractivity (Wildman–Crippen MR) is 65.2 cm³/mol. The van der Waals surface area contributed by atoms with E-state index in [1.165, 1.54) is 13.0 Å². The number of hydrogen-bond acceptors (Lipinski definition) is 3. The van der Waals surface area contributed by atoms with Gasteiger partial charge in [0.2, 0.25) is 5.91 Å². The lowest BCUT2D eigenvalue weighted by molar-refractivity contribution is -0.119. The van der Waals surface area contributed by atoms with Crippen LogP contribution in [0.4, 0.5) is 15.8 Å². The Balaban J connectivity index is 2.07. The summed E-state index contributed by atoms with van der Waals surface area (Å²) in [6.45, 7) is 2.87. The summed E-state index contributed by atoms with van der Waals surface area (Å²) < 4.78 is 13.7. The van der Waals surface area contributed by atoms with Crippen LogP contribution in [0.2, 0.25) is 0 Å². The van der Waals surface area contributed by atoms with Gasteiger partial charge in [-0.15, -0.1) is 0 Å². The van der Waals surface area contributed by atoms with Gasteiger partial charge in [-0.1, -0.05) is 0 Å². The van der Waals surface area contributed by atoms with Crippen molar-refractivity contribution in [3.8, 4) is 0 Å². The first-order chi connectivity index (χ1) is 8.06. The van der Waals surface area contributed by atoms with Gasteiger partial charge in [0.25, 0.3) is 0 Å². The zero-order valence-corrected chi connectivity index (χ0v) is 9.74. The van der Waals surface area contributed by atoms with Gasteiger partial charge >= 0.3 is 0 Å². The minimum absolute atomic E-state index is 0.0466. The average molecular weight is 237 g/mol. The molecule has 92 valence electrons. The number of nitrogen functional groups attached to an aromatic ring is 1. The Morgan fingerprint density at radius 1 is 1.59 bits per heavy atom. The van der Waals surface area contributed by atoms with Crippen molar-refractivity contribution < 1.29 is 9.18 Å². The summed E-state index contributed by atoms with van der Waals surface area (Å²) in [5, 5.41) is 2.84. The van der Waals surface area contributed by atoms with Crippen molar-refractivity contribution in [3.05, 3.63) is 24.0 Å². The van der Waals surface area contributed by atoms with Gasteiger partial charge < -0.3 is 16.0 Å². The number of halogens is 1. The van der Waals surface area contributed by atoms with Crippen LogP contribution in [0.3, 0.4) is 0 Å². The number of rotatable bonds is 2. The van der Waals surface area contributed by atoms with E-state index < -0.39 is 0 Å². The molecule has 1 aliphatic heterocycles. The molecule has 4 nitrogen and oxygen atoms in total. The van der Waals surface area contributed by atoms with Crippen molar-refractivity contribution >= 4 is 17.3 Å². The molecule has 17 heavy (non-hydrogen) atoms. The predicted octanol–water partition coefficient (Wildman–Crippen LogP) is 1.12. The van der Waals surface area contributed by atoms with Crippen molar-refractivity contribution in [2.45, 2.75) is 19.4 Å². The molecule has 1 aromatic carbocycles. The fourth-order valence-corrected chi connectivity index (χ4v) is 2.16. The molecular weight excluding hydrogens is 221 g/mol. The van der Waals surface area contributed by atoms with E-state index in [0.29, 0.717) is 17.9 Å². The third-order valence-electron chi connectivity index (χ3n) is 2.91. The molecule has 0 aliphatic carbocycles. The molecule has 1 heterocycles. The summed E-state index contributed by atoms with van der Waals surface area (Å²) in [5.74, 6) is -0.358. The van der Waals surface area contributed by atoms with Gasteiger partial charge in [-0.25, -0.2) is 4.39 Å². The minimum Gasteiger partial charge on any atom is -0.399 e. The minimum atomic E-state index is -0.312. The topological polar surface area (TPSA) is 58.4 Å². The second-order valence-electron chi connectivity index (χ2n) is 4.34. The monoisotopic (exact) mass is 237 g/mol. The van der Waals surface area contributed by atoms with E-state index in [2.05, 4.69) is 5.32 Å². The molecule has 0 aromatic heterocycles. The molecule has 0 saturated carbocycles. The van der Waals surface area contributed by atoms with E-state index in [1.54, 1.807) is 12.1 Å². The third kappa shape index (κ3) is 2.67. The summed E-state index contributed by atoms with van der Waals surface area (Å²) in [6.07, 6.45) is 0.837. The van der Waals surface area contributed by atoms with Crippen LogP contribution in [0.1, 0.15) is 13.3 Å². The Morgan fingerprint density at radius 3 is 3.00 bits per heavy atom. The molecule has 1 unspecified atom stereocenters. The number of anilines is 2. The Bertz CT molecular complexity index is 436. The third-order valence-corrected chi connectivity index (χ3v) is 2.91. The van der Waals surface area contributed by atoms with Gasteiger partial charge in [0.05, 0.1) is 5.69 Å². The molecule has 1 aromatic rings. The number of hydrogen-bond donors (Lipinski definition) is 2. The second kappa shape index (κ2) is 4.61. The molecule has 5 heteroatoms. The first-order valence-electron chi connectivity index (χ1n) is 5.63. The zero-order valence-electron chi connectivity index (χ0n) is 9.74. The van der Waals surface area contributed by atoms with E-state index in [0.717, 1.165) is 13.0 Å². The number of nitrogens with zero attached hydrogens (tertiary/aromatic N) is 1. The SMILES string of the molecule is CC(=O)NC1CCN(c2ccc(N)cc2F)C1. The maximum Gasteiger partial charge on any atom is 0.217 e. The van der Waals surface area contributed by atoms with Crippen LogP contribution in [0.25, 0.3) is 0 Å². The number of carbonyl (C=O) groups is 1. The molecule has 1 amide bonds. The largest absolute Gasteiger partial charge is 0.399 e. The molecule has 2 rings (SSSR count). The highest BCUT2D eigenvalue weighted by Crippen LogP contribution is 2.25. The molecule has 3 N–H and O–H groups in total. The van der Waals surface area contributed by atoms with Gasteiger partial charge in [-0.05, 0) is 24.6 Å². The maximum atomic E-state index is 13.7. The standard InChI is InChI=1S/C12H16FN3O/c1-8(17)15-10-4-5-16(7-10)12-3-2-9(14)6-11(12)13/h2-3,6,10H,4-5,7,14H2,1H3,(H,15,17). The number of benzene rings is 1. The molecule has 1 fully saturated rings. The van der Waals surface area contributed by atoms with E-state index in [-0.39, 0.29) is 17.8 Å². The average Bonchev–Trinajstić information content (AvgIpc) is 2.65. The van der Waals surface area contributed by atoms with Crippen LogP contribution in [0.5, 0.6) is 0 Å². The van der Waals surface area contributed by atoms with E-state index in [1.807, 2.05) is 4.90 Å². The van der Waals surface area contributed by atoms with Crippen LogP contribution in [-0.4, -0.2) is 25.0 Å². The molecule has 1 aliphatic rings. The normalized spacial score (nSPS) is 19.4. The highest BCUT2D eigenvalue weighted by molar-refractivity contribution is 5.73. The van der Waals surface area contributed by atoms with E-state index >= 15 is 0 Å². The van der Waals surface area contributed by atoms with Gasteiger partial charge in [0.1, 0.15) is 5.82 Å². The number of amides is 1. The molecular formula is C12H16FN3O. The second-order valence-corrected chi connectivity index (χ2v) is 4.34. The summed E-state index contributed by atoms with van der Waals surface area (Å²) in [7, 11) is 0. The van der Waals surface area contributed by atoms with Crippen LogP contribution in [-0.2, 0) is 4.79 Å². The lowest BCUT2D eigenvalue weighted by Crippen LogP contribution is -2.35. The smallest absolute Gasteiger partial charge is 0.217 e. The Labute approximate surface area is 99.6 Å². The van der Waals surface area contributed by atoms with Crippen molar-refractivity contribution in [3.63, 3.8) is 0 Å². The van der Waals surface area contributed by atoms with Crippen LogP contribution < -0.4 is 16.0 Å². The first kappa shape index (κ1) is 11.7. The van der Waals surface area contributed by atoms with Gasteiger partial charge in [0.15, 0.2) is 0 Å².